The van der Waals surface area contributed by atoms with Crippen LogP contribution < -0.4 is 0 Å². The van der Waals surface area contributed by atoms with Gasteiger partial charge in [0.2, 0.25) is 5.75 Å². The van der Waals surface area contributed by atoms with Gasteiger partial charge in [0.25, 0.3) is 0 Å². The lowest BCUT2D eigenvalue weighted by Crippen LogP contribution is -2.10. The second-order valence-electron chi connectivity index (χ2n) is 8.41. The van der Waals surface area contributed by atoms with Gasteiger partial charge in [0.1, 0.15) is 5.69 Å². The summed E-state index contributed by atoms with van der Waals surface area (Å²) in [6.45, 7) is 5.99. The second kappa shape index (κ2) is 9.18. The van der Waals surface area contributed by atoms with Crippen LogP contribution in [-0.4, -0.2) is 21.4 Å². The van der Waals surface area contributed by atoms with Gasteiger partial charge >= 0.3 is 5.69 Å². The predicted octanol–water partition coefficient (Wildman–Crippen LogP) is 6.95. The lowest BCUT2D eigenvalue weighted by molar-refractivity contribution is -0.385. The molecule has 0 aliphatic rings. The van der Waals surface area contributed by atoms with E-state index < -0.39 is 16.4 Å². The van der Waals surface area contributed by atoms with Gasteiger partial charge in [-0.05, 0) is 52.8 Å². The molecular weight excluding hydrogens is 451 g/mol. The number of phenols is 2. The van der Waals surface area contributed by atoms with E-state index in [1.165, 1.54) is 12.3 Å². The summed E-state index contributed by atoms with van der Waals surface area (Å²) >= 11 is 12.4. The topological polar surface area (TPSA) is 96.0 Å². The smallest absolute Gasteiger partial charge is 0.311 e. The molecule has 0 heterocycles. The Hall–Kier alpha value is -3.09. The Balaban J connectivity index is 2.07. The van der Waals surface area contributed by atoms with Crippen molar-refractivity contribution in [3.05, 3.63) is 90.9 Å². The number of nitro benzene ring substituents is 1. The molecule has 0 atom stereocenters. The third-order valence-electron chi connectivity index (χ3n) is 4.98. The zero-order chi connectivity index (χ0) is 23.6. The van der Waals surface area contributed by atoms with Gasteiger partial charge < -0.3 is 10.2 Å². The van der Waals surface area contributed by atoms with Crippen LogP contribution in [-0.2, 0) is 11.8 Å². The monoisotopic (exact) mass is 472 g/mol. The van der Waals surface area contributed by atoms with Gasteiger partial charge in [-0.2, -0.15) is 0 Å². The fraction of sp³-hybridized carbons (Fsp3) is 0.208. The first-order valence-corrected chi connectivity index (χ1v) is 10.5. The van der Waals surface area contributed by atoms with Crippen LogP contribution in [0.2, 0.25) is 10.0 Å². The molecule has 3 aromatic rings. The fourth-order valence-corrected chi connectivity index (χ4v) is 3.57. The van der Waals surface area contributed by atoms with E-state index in [9.17, 15) is 20.3 Å². The van der Waals surface area contributed by atoms with Crippen LogP contribution in [0.1, 0.15) is 43.0 Å². The van der Waals surface area contributed by atoms with Crippen molar-refractivity contribution in [2.24, 2.45) is 4.99 Å². The number of rotatable bonds is 5. The van der Waals surface area contributed by atoms with Gasteiger partial charge in [0, 0.05) is 22.9 Å². The van der Waals surface area contributed by atoms with E-state index in [0.29, 0.717) is 17.0 Å². The third kappa shape index (κ3) is 5.21. The third-order valence-corrected chi connectivity index (χ3v) is 5.64. The molecule has 8 heteroatoms. The van der Waals surface area contributed by atoms with Gasteiger partial charge in [0.05, 0.1) is 9.95 Å². The Morgan fingerprint density at radius 1 is 1.03 bits per heavy atom. The molecule has 0 fully saturated rings. The fourth-order valence-electron chi connectivity index (χ4n) is 3.16. The normalized spacial score (nSPS) is 11.8. The summed E-state index contributed by atoms with van der Waals surface area (Å²) in [5.41, 5.74) is 1.88. The maximum absolute atomic E-state index is 11.5. The van der Waals surface area contributed by atoms with Gasteiger partial charge in [-0.15, -0.1) is 0 Å². The van der Waals surface area contributed by atoms with Crippen molar-refractivity contribution in [2.45, 2.75) is 32.6 Å². The number of nitrogens with zero attached hydrogens (tertiary/aromatic N) is 2. The molecule has 6 nitrogen and oxygen atoms in total. The molecule has 166 valence electrons. The van der Waals surface area contributed by atoms with Crippen LogP contribution in [0.3, 0.4) is 0 Å². The zero-order valence-corrected chi connectivity index (χ0v) is 19.3. The number of halogens is 2. The largest absolute Gasteiger partial charge is 0.504 e. The molecule has 0 saturated heterocycles. The summed E-state index contributed by atoms with van der Waals surface area (Å²) in [5.74, 6) is -0.726. The molecule has 3 aromatic carbocycles. The minimum Gasteiger partial charge on any atom is -0.504 e. The quantitative estimate of drug-likeness (QED) is 0.238. The first-order valence-electron chi connectivity index (χ1n) is 9.78. The molecule has 0 aliphatic heterocycles. The molecular formula is C24H22Cl2N2O4. The van der Waals surface area contributed by atoms with E-state index in [-0.39, 0.29) is 27.4 Å². The van der Waals surface area contributed by atoms with Crippen LogP contribution in [0, 0.1) is 10.1 Å². The Morgan fingerprint density at radius 3 is 2.34 bits per heavy atom. The van der Waals surface area contributed by atoms with Crippen molar-refractivity contribution in [1.29, 1.82) is 0 Å². The number of hydrogen-bond donors (Lipinski definition) is 2. The first-order chi connectivity index (χ1) is 15.0. The lowest BCUT2D eigenvalue weighted by atomic mass is 9.87. The highest BCUT2D eigenvalue weighted by Crippen LogP contribution is 2.39. The number of benzene rings is 3. The predicted molar refractivity (Wildman–Crippen MR) is 128 cm³/mol. The molecule has 3 rings (SSSR count). The van der Waals surface area contributed by atoms with Crippen LogP contribution in [0.4, 0.5) is 11.4 Å². The van der Waals surface area contributed by atoms with Crippen molar-refractivity contribution < 1.29 is 15.1 Å². The maximum atomic E-state index is 11.5. The minimum absolute atomic E-state index is 0.137. The first kappa shape index (κ1) is 23.6. The van der Waals surface area contributed by atoms with E-state index in [0.717, 1.165) is 11.1 Å². The molecule has 32 heavy (non-hydrogen) atoms. The lowest BCUT2D eigenvalue weighted by Gasteiger charge is -2.20. The summed E-state index contributed by atoms with van der Waals surface area (Å²) in [6.07, 6.45) is 1.61. The minimum atomic E-state index is -0.655. The Morgan fingerprint density at radius 2 is 1.72 bits per heavy atom. The molecule has 0 spiro atoms. The Kier molecular flexibility index (Phi) is 6.77. The van der Waals surface area contributed by atoms with Crippen LogP contribution in [0.5, 0.6) is 11.5 Å². The van der Waals surface area contributed by atoms with Gasteiger partial charge in [0.15, 0.2) is 5.75 Å². The molecule has 0 unspecified atom stereocenters. The van der Waals surface area contributed by atoms with Gasteiger partial charge in [-0.25, -0.2) is 0 Å². The van der Waals surface area contributed by atoms with Crippen molar-refractivity contribution in [2.75, 3.05) is 0 Å². The average Bonchev–Trinajstić information content (AvgIpc) is 2.71. The van der Waals surface area contributed by atoms with Crippen molar-refractivity contribution >= 4 is 40.8 Å². The molecule has 0 bridgehead atoms. The summed E-state index contributed by atoms with van der Waals surface area (Å²) in [4.78, 5) is 15.1. The molecule has 0 radical (unpaired) electrons. The highest BCUT2D eigenvalue weighted by Gasteiger charge is 2.20. The molecule has 0 aliphatic carbocycles. The van der Waals surface area contributed by atoms with Crippen molar-refractivity contribution in [3.63, 3.8) is 0 Å². The van der Waals surface area contributed by atoms with E-state index in [2.05, 4.69) is 4.99 Å². The molecule has 0 saturated carbocycles. The number of aliphatic imine (C=N–C) groups is 1. The highest BCUT2D eigenvalue weighted by atomic mass is 35.5. The molecule has 0 amide bonds. The number of phenolic OH excluding ortho intramolecular Hbond substituents is 2. The highest BCUT2D eigenvalue weighted by molar-refractivity contribution is 6.32. The van der Waals surface area contributed by atoms with Crippen molar-refractivity contribution in [1.82, 2.24) is 0 Å². The zero-order valence-electron chi connectivity index (χ0n) is 17.8. The molecule has 0 aromatic heterocycles. The summed E-state index contributed by atoms with van der Waals surface area (Å²) < 4.78 is 0. The SMILES string of the molecule is CC(C)(C)c1cc(Cl)c(O)c(N=Cc2cc(Cc3ccccc3Cl)cc([N+](=O)[O-])c2O)c1. The van der Waals surface area contributed by atoms with Gasteiger partial charge in [-0.3, -0.25) is 15.1 Å². The second-order valence-corrected chi connectivity index (χ2v) is 9.23. The number of nitro groups is 1. The number of hydrogen-bond acceptors (Lipinski definition) is 5. The van der Waals surface area contributed by atoms with E-state index in [4.69, 9.17) is 23.2 Å². The van der Waals surface area contributed by atoms with Gasteiger partial charge in [-0.1, -0.05) is 62.2 Å². The summed E-state index contributed by atoms with van der Waals surface area (Å²) in [5, 5.41) is 32.9. The average molecular weight is 473 g/mol. The number of aromatic hydroxyl groups is 2. The Labute approximate surface area is 195 Å². The maximum Gasteiger partial charge on any atom is 0.311 e. The summed E-state index contributed by atoms with van der Waals surface area (Å²) in [6, 6.07) is 13.5. The standard InChI is InChI=1S/C24H22Cl2N2O4/c1-24(2,3)17-11-19(26)23(30)20(12-17)27-13-16-9-14(10-21(22(16)29)28(31)32)8-15-6-4-5-7-18(15)25/h4-7,9-13,29-30H,8H2,1-3H3. The van der Waals surface area contributed by atoms with E-state index in [1.54, 1.807) is 30.3 Å². The van der Waals surface area contributed by atoms with Crippen LogP contribution in [0.15, 0.2) is 53.5 Å². The Bertz CT molecular complexity index is 1220. The van der Waals surface area contributed by atoms with E-state index >= 15 is 0 Å². The van der Waals surface area contributed by atoms with Crippen molar-refractivity contribution in [3.8, 4) is 11.5 Å². The molecule has 2 N–H and O–H groups in total. The summed E-state index contributed by atoms with van der Waals surface area (Å²) in [7, 11) is 0. The van der Waals surface area contributed by atoms with Crippen LogP contribution >= 0.6 is 23.2 Å². The van der Waals surface area contributed by atoms with Crippen LogP contribution in [0.25, 0.3) is 0 Å². The van der Waals surface area contributed by atoms with E-state index in [1.807, 2.05) is 32.9 Å².